The highest BCUT2D eigenvalue weighted by Crippen LogP contribution is 2.19. The van der Waals surface area contributed by atoms with Crippen LogP contribution in [0, 0.1) is 0 Å². The van der Waals surface area contributed by atoms with Crippen molar-refractivity contribution in [2.45, 2.75) is 59.0 Å². The number of rotatable bonds is 8. The molecule has 0 radical (unpaired) electrons. The van der Waals surface area contributed by atoms with E-state index in [2.05, 4.69) is 41.2 Å². The second-order valence-electron chi connectivity index (χ2n) is 4.68. The van der Waals surface area contributed by atoms with E-state index in [1.54, 1.807) is 0 Å². The van der Waals surface area contributed by atoms with E-state index in [0.29, 0.717) is 17.9 Å². The maximum Gasteiger partial charge on any atom is 0.318 e. The summed E-state index contributed by atoms with van der Waals surface area (Å²) in [6, 6.07) is 1.18. The number of hydrogen-bond donors (Lipinski definition) is 1. The van der Waals surface area contributed by atoms with Crippen molar-refractivity contribution in [1.82, 2.24) is 15.5 Å². The summed E-state index contributed by atoms with van der Waals surface area (Å²) in [6.45, 7) is 9.49. The molecule has 5 nitrogen and oxygen atoms in total. The minimum Gasteiger partial charge on any atom is -0.406 e. The van der Waals surface area contributed by atoms with Gasteiger partial charge in [-0.25, -0.2) is 0 Å². The van der Waals surface area contributed by atoms with Crippen LogP contribution in [0.5, 0.6) is 0 Å². The van der Waals surface area contributed by atoms with Crippen molar-refractivity contribution in [2.24, 2.45) is 0 Å². The van der Waals surface area contributed by atoms with E-state index in [1.165, 1.54) is 0 Å². The van der Waals surface area contributed by atoms with Gasteiger partial charge in [0.15, 0.2) is 0 Å². The molecule has 1 rings (SSSR count). The molecule has 0 fully saturated rings. The van der Waals surface area contributed by atoms with Gasteiger partial charge in [0.05, 0.1) is 6.04 Å². The van der Waals surface area contributed by atoms with Gasteiger partial charge in [0.25, 0.3) is 0 Å². The van der Waals surface area contributed by atoms with Crippen molar-refractivity contribution in [2.75, 3.05) is 18.5 Å². The van der Waals surface area contributed by atoms with Crippen LogP contribution < -0.4 is 10.2 Å². The Morgan fingerprint density at radius 3 is 2.44 bits per heavy atom. The van der Waals surface area contributed by atoms with Crippen molar-refractivity contribution < 1.29 is 4.42 Å². The summed E-state index contributed by atoms with van der Waals surface area (Å²) in [7, 11) is 2.01. The van der Waals surface area contributed by atoms with Gasteiger partial charge in [0, 0.05) is 13.1 Å². The largest absolute Gasteiger partial charge is 0.406 e. The summed E-state index contributed by atoms with van der Waals surface area (Å²) < 4.78 is 5.73. The normalized spacial score (nSPS) is 13.0. The Hall–Kier alpha value is -1.10. The molecule has 18 heavy (non-hydrogen) atoms. The lowest BCUT2D eigenvalue weighted by Crippen LogP contribution is -2.30. The first kappa shape index (κ1) is 15.0. The van der Waals surface area contributed by atoms with Crippen LogP contribution in [0.3, 0.4) is 0 Å². The zero-order chi connectivity index (χ0) is 13.5. The first-order valence-corrected chi connectivity index (χ1v) is 6.93. The van der Waals surface area contributed by atoms with Gasteiger partial charge in [-0.05, 0) is 32.7 Å². The zero-order valence-electron chi connectivity index (χ0n) is 12.2. The summed E-state index contributed by atoms with van der Waals surface area (Å²) in [4.78, 5) is 2.07. The fourth-order valence-electron chi connectivity index (χ4n) is 1.98. The highest BCUT2D eigenvalue weighted by Gasteiger charge is 2.19. The van der Waals surface area contributed by atoms with E-state index in [9.17, 15) is 0 Å². The van der Waals surface area contributed by atoms with Gasteiger partial charge in [0.2, 0.25) is 5.89 Å². The highest BCUT2D eigenvalue weighted by atomic mass is 16.4. The third kappa shape index (κ3) is 3.70. The number of nitrogens with one attached hydrogen (secondary N) is 1. The van der Waals surface area contributed by atoms with Crippen molar-refractivity contribution in [3.05, 3.63) is 5.89 Å². The van der Waals surface area contributed by atoms with E-state index in [-0.39, 0.29) is 6.04 Å². The molecule has 0 bridgehead atoms. The lowest BCUT2D eigenvalue weighted by atomic mass is 10.1. The van der Waals surface area contributed by atoms with Gasteiger partial charge in [-0.3, -0.25) is 0 Å². The topological polar surface area (TPSA) is 54.2 Å². The van der Waals surface area contributed by atoms with Gasteiger partial charge >= 0.3 is 6.01 Å². The predicted molar refractivity (Wildman–Crippen MR) is 73.8 cm³/mol. The number of aromatic nitrogens is 2. The summed E-state index contributed by atoms with van der Waals surface area (Å²) in [5.74, 6) is 0.663. The molecule has 1 aromatic heterocycles. The molecular formula is C13H26N4O. The molecule has 0 amide bonds. The van der Waals surface area contributed by atoms with E-state index in [0.717, 1.165) is 25.8 Å². The second kappa shape index (κ2) is 7.36. The van der Waals surface area contributed by atoms with Gasteiger partial charge < -0.3 is 14.6 Å². The monoisotopic (exact) mass is 254 g/mol. The Kier molecular flexibility index (Phi) is 6.12. The van der Waals surface area contributed by atoms with Gasteiger partial charge in [-0.2, -0.15) is 0 Å². The second-order valence-corrected chi connectivity index (χ2v) is 4.68. The molecule has 1 unspecified atom stereocenters. The van der Waals surface area contributed by atoms with Crippen molar-refractivity contribution in [1.29, 1.82) is 0 Å². The number of hydrogen-bond acceptors (Lipinski definition) is 5. The predicted octanol–water partition coefficient (Wildman–Crippen LogP) is 2.76. The lowest BCUT2D eigenvalue weighted by molar-refractivity contribution is 0.408. The van der Waals surface area contributed by atoms with Crippen LogP contribution in [0.1, 0.15) is 58.9 Å². The van der Waals surface area contributed by atoms with E-state index in [1.807, 2.05) is 14.0 Å². The third-order valence-corrected chi connectivity index (χ3v) is 3.29. The van der Waals surface area contributed by atoms with E-state index < -0.39 is 0 Å². The standard InChI is InChI=1S/C13H26N4O/c1-6-9-14-10(4)12-15-16-13(18-12)17(5)11(7-2)8-3/h10-11,14H,6-9H2,1-5H3. The average molecular weight is 254 g/mol. The summed E-state index contributed by atoms with van der Waals surface area (Å²) in [5, 5.41) is 11.6. The number of anilines is 1. The Morgan fingerprint density at radius 1 is 1.22 bits per heavy atom. The minimum absolute atomic E-state index is 0.112. The Morgan fingerprint density at radius 2 is 1.89 bits per heavy atom. The number of nitrogens with zero attached hydrogens (tertiary/aromatic N) is 3. The first-order valence-electron chi connectivity index (χ1n) is 6.93. The molecule has 0 saturated heterocycles. The van der Waals surface area contributed by atoms with Crippen molar-refractivity contribution in [3.8, 4) is 0 Å². The van der Waals surface area contributed by atoms with Crippen LogP contribution in [0.4, 0.5) is 6.01 Å². The quantitative estimate of drug-likeness (QED) is 0.773. The fraction of sp³-hybridized carbons (Fsp3) is 0.846. The molecule has 0 aliphatic heterocycles. The summed E-state index contributed by atoms with van der Waals surface area (Å²) in [5.41, 5.74) is 0. The maximum absolute atomic E-state index is 5.73. The Bertz CT molecular complexity index is 335. The molecule has 1 aromatic rings. The molecule has 0 aliphatic carbocycles. The lowest BCUT2D eigenvalue weighted by Gasteiger charge is -2.23. The van der Waals surface area contributed by atoms with Crippen molar-refractivity contribution in [3.63, 3.8) is 0 Å². The van der Waals surface area contributed by atoms with E-state index >= 15 is 0 Å². The van der Waals surface area contributed by atoms with E-state index in [4.69, 9.17) is 4.42 Å². The molecule has 5 heteroatoms. The third-order valence-electron chi connectivity index (χ3n) is 3.29. The minimum atomic E-state index is 0.112. The fourth-order valence-corrected chi connectivity index (χ4v) is 1.98. The zero-order valence-corrected chi connectivity index (χ0v) is 12.2. The van der Waals surface area contributed by atoms with Crippen LogP contribution in [0.2, 0.25) is 0 Å². The smallest absolute Gasteiger partial charge is 0.318 e. The summed E-state index contributed by atoms with van der Waals surface area (Å²) >= 11 is 0. The van der Waals surface area contributed by atoms with Crippen LogP contribution in [0.15, 0.2) is 4.42 Å². The summed E-state index contributed by atoms with van der Waals surface area (Å²) in [6.07, 6.45) is 3.25. The molecular weight excluding hydrogens is 228 g/mol. The SMILES string of the molecule is CCCNC(C)c1nnc(N(C)C(CC)CC)o1. The molecule has 1 heterocycles. The molecule has 1 atom stereocenters. The van der Waals surface area contributed by atoms with Crippen LogP contribution in [-0.4, -0.2) is 29.8 Å². The van der Waals surface area contributed by atoms with Gasteiger partial charge in [-0.15, -0.1) is 5.10 Å². The maximum atomic E-state index is 5.73. The van der Waals surface area contributed by atoms with Crippen LogP contribution >= 0.6 is 0 Å². The molecule has 0 spiro atoms. The molecule has 0 aromatic carbocycles. The first-order chi connectivity index (χ1) is 8.63. The van der Waals surface area contributed by atoms with Gasteiger partial charge in [-0.1, -0.05) is 25.9 Å². The van der Waals surface area contributed by atoms with Gasteiger partial charge in [0.1, 0.15) is 0 Å². The average Bonchev–Trinajstić information content (AvgIpc) is 2.86. The van der Waals surface area contributed by atoms with Crippen LogP contribution in [0.25, 0.3) is 0 Å². The Balaban J connectivity index is 2.67. The molecule has 0 aliphatic rings. The Labute approximate surface area is 110 Å². The molecule has 0 saturated carbocycles. The molecule has 1 N–H and O–H groups in total. The van der Waals surface area contributed by atoms with Crippen molar-refractivity contribution >= 4 is 6.01 Å². The van der Waals surface area contributed by atoms with Crippen LogP contribution in [-0.2, 0) is 0 Å². The molecule has 104 valence electrons. The highest BCUT2D eigenvalue weighted by molar-refractivity contribution is 5.24.